The van der Waals surface area contributed by atoms with Crippen molar-refractivity contribution in [1.29, 1.82) is 0 Å². The van der Waals surface area contributed by atoms with Gasteiger partial charge in [0.2, 0.25) is 0 Å². The molecule has 0 saturated carbocycles. The van der Waals surface area contributed by atoms with Gasteiger partial charge in [-0.2, -0.15) is 0 Å². The lowest BCUT2D eigenvalue weighted by molar-refractivity contribution is 0.0847. The first-order valence-corrected chi connectivity index (χ1v) is 6.90. The van der Waals surface area contributed by atoms with Crippen molar-refractivity contribution < 1.29 is 4.74 Å². The van der Waals surface area contributed by atoms with Crippen LogP contribution in [0.5, 0.6) is 0 Å². The van der Waals surface area contributed by atoms with E-state index in [4.69, 9.17) is 15.5 Å². The predicted molar refractivity (Wildman–Crippen MR) is 73.8 cm³/mol. The van der Waals surface area contributed by atoms with E-state index in [1.807, 2.05) is 0 Å². The second kappa shape index (κ2) is 4.92. The largest absolute Gasteiger partial charge is 0.384 e. The molecule has 4 nitrogen and oxygen atoms in total. The molecule has 1 aromatic heterocycles. The third-order valence-electron chi connectivity index (χ3n) is 3.61. The minimum absolute atomic E-state index is 0.00809. The second-order valence-electron chi connectivity index (χ2n) is 6.04. The van der Waals surface area contributed by atoms with Crippen molar-refractivity contribution in [2.75, 3.05) is 18.9 Å². The van der Waals surface area contributed by atoms with Gasteiger partial charge in [-0.15, -0.1) is 0 Å². The van der Waals surface area contributed by atoms with E-state index in [1.54, 1.807) is 0 Å². The van der Waals surface area contributed by atoms with Crippen LogP contribution >= 0.6 is 0 Å². The zero-order valence-electron chi connectivity index (χ0n) is 12.0. The van der Waals surface area contributed by atoms with Crippen LogP contribution in [0.1, 0.15) is 58.0 Å². The van der Waals surface area contributed by atoms with Crippen molar-refractivity contribution in [2.24, 2.45) is 0 Å². The molecule has 2 heterocycles. The van der Waals surface area contributed by atoms with Crippen LogP contribution in [0.25, 0.3) is 0 Å². The van der Waals surface area contributed by atoms with Crippen LogP contribution in [0.3, 0.4) is 0 Å². The van der Waals surface area contributed by atoms with Gasteiger partial charge in [-0.05, 0) is 33.6 Å². The van der Waals surface area contributed by atoms with E-state index < -0.39 is 0 Å². The number of imidazole rings is 1. The Morgan fingerprint density at radius 3 is 2.39 bits per heavy atom. The Balaban J connectivity index is 2.40. The van der Waals surface area contributed by atoms with Crippen molar-refractivity contribution in [1.82, 2.24) is 9.55 Å². The molecule has 0 spiro atoms. The van der Waals surface area contributed by atoms with Crippen LogP contribution in [0.15, 0.2) is 0 Å². The molecule has 0 unspecified atom stereocenters. The molecular formula is C14H25N3O. The molecular weight excluding hydrogens is 226 g/mol. The van der Waals surface area contributed by atoms with Gasteiger partial charge in [-0.25, -0.2) is 4.98 Å². The average molecular weight is 251 g/mol. The molecule has 0 aromatic carbocycles. The van der Waals surface area contributed by atoms with Crippen LogP contribution in [-0.4, -0.2) is 22.8 Å². The van der Waals surface area contributed by atoms with E-state index in [1.165, 1.54) is 0 Å². The standard InChI is InChI=1S/C14H25N3O/c1-5-11-16-12(10-6-8-18-9-7-10)13(15)17(11)14(2,3)4/h10H,5-9,15H2,1-4H3. The van der Waals surface area contributed by atoms with Crippen molar-refractivity contribution in [3.8, 4) is 0 Å². The highest BCUT2D eigenvalue weighted by molar-refractivity contribution is 5.42. The number of ether oxygens (including phenoxy) is 1. The van der Waals surface area contributed by atoms with Crippen LogP contribution < -0.4 is 5.73 Å². The topological polar surface area (TPSA) is 53.1 Å². The first-order chi connectivity index (χ1) is 8.45. The maximum atomic E-state index is 6.36. The molecule has 2 rings (SSSR count). The lowest BCUT2D eigenvalue weighted by Gasteiger charge is -2.26. The molecule has 1 saturated heterocycles. The molecule has 0 atom stereocenters. The molecule has 2 N–H and O–H groups in total. The molecule has 1 aliphatic rings. The third kappa shape index (κ3) is 2.39. The van der Waals surface area contributed by atoms with Gasteiger partial charge in [0.1, 0.15) is 11.6 Å². The highest BCUT2D eigenvalue weighted by atomic mass is 16.5. The molecule has 1 aromatic rings. The number of anilines is 1. The molecule has 0 aliphatic carbocycles. The number of nitrogen functional groups attached to an aromatic ring is 1. The molecule has 0 amide bonds. The summed E-state index contributed by atoms with van der Waals surface area (Å²) in [4.78, 5) is 4.80. The average Bonchev–Trinajstić information content (AvgIpc) is 2.67. The molecule has 1 aliphatic heterocycles. The SMILES string of the molecule is CCc1nc(C2CCOCC2)c(N)n1C(C)(C)C. The van der Waals surface area contributed by atoms with Crippen molar-refractivity contribution in [3.05, 3.63) is 11.5 Å². The van der Waals surface area contributed by atoms with Gasteiger partial charge in [0, 0.05) is 31.1 Å². The number of rotatable bonds is 2. The fourth-order valence-corrected chi connectivity index (χ4v) is 2.76. The third-order valence-corrected chi connectivity index (χ3v) is 3.61. The molecule has 4 heteroatoms. The lowest BCUT2D eigenvalue weighted by atomic mass is 9.96. The van der Waals surface area contributed by atoms with Gasteiger partial charge in [0.25, 0.3) is 0 Å². The zero-order valence-corrected chi connectivity index (χ0v) is 12.0. The summed E-state index contributed by atoms with van der Waals surface area (Å²) in [6, 6.07) is 0. The minimum atomic E-state index is -0.00809. The molecule has 0 bridgehead atoms. The van der Waals surface area contributed by atoms with E-state index in [0.717, 1.165) is 49.8 Å². The van der Waals surface area contributed by atoms with Crippen molar-refractivity contribution in [2.45, 2.75) is 58.4 Å². The second-order valence-corrected chi connectivity index (χ2v) is 6.04. The number of nitrogens with two attached hydrogens (primary N) is 1. The number of nitrogens with zero attached hydrogens (tertiary/aromatic N) is 2. The first-order valence-electron chi connectivity index (χ1n) is 6.90. The van der Waals surface area contributed by atoms with E-state index in [2.05, 4.69) is 32.3 Å². The summed E-state index contributed by atoms with van der Waals surface area (Å²) in [5.74, 6) is 2.42. The lowest BCUT2D eigenvalue weighted by Crippen LogP contribution is -2.26. The number of aryl methyl sites for hydroxylation is 1. The van der Waals surface area contributed by atoms with Gasteiger partial charge < -0.3 is 15.0 Å². The van der Waals surface area contributed by atoms with E-state index in [-0.39, 0.29) is 5.54 Å². The summed E-state index contributed by atoms with van der Waals surface area (Å²) >= 11 is 0. The summed E-state index contributed by atoms with van der Waals surface area (Å²) in [6.07, 6.45) is 2.99. The normalized spacial score (nSPS) is 18.2. The van der Waals surface area contributed by atoms with Crippen molar-refractivity contribution in [3.63, 3.8) is 0 Å². The van der Waals surface area contributed by atoms with Crippen LogP contribution in [0, 0.1) is 0 Å². The van der Waals surface area contributed by atoms with Gasteiger partial charge >= 0.3 is 0 Å². The zero-order chi connectivity index (χ0) is 13.3. The number of hydrogen-bond acceptors (Lipinski definition) is 3. The van der Waals surface area contributed by atoms with Gasteiger partial charge in [0.15, 0.2) is 0 Å². The van der Waals surface area contributed by atoms with Crippen molar-refractivity contribution >= 4 is 5.82 Å². The quantitative estimate of drug-likeness (QED) is 0.879. The van der Waals surface area contributed by atoms with Gasteiger partial charge in [-0.1, -0.05) is 6.92 Å². The van der Waals surface area contributed by atoms with E-state index in [9.17, 15) is 0 Å². The summed E-state index contributed by atoms with van der Waals surface area (Å²) in [6.45, 7) is 10.3. The Morgan fingerprint density at radius 2 is 1.94 bits per heavy atom. The summed E-state index contributed by atoms with van der Waals surface area (Å²) in [5.41, 5.74) is 7.44. The fourth-order valence-electron chi connectivity index (χ4n) is 2.76. The van der Waals surface area contributed by atoms with Crippen LogP contribution in [-0.2, 0) is 16.7 Å². The highest BCUT2D eigenvalue weighted by Crippen LogP contribution is 2.34. The highest BCUT2D eigenvalue weighted by Gasteiger charge is 2.27. The Morgan fingerprint density at radius 1 is 1.33 bits per heavy atom. The Kier molecular flexibility index (Phi) is 3.66. The monoisotopic (exact) mass is 251 g/mol. The molecule has 18 heavy (non-hydrogen) atoms. The maximum absolute atomic E-state index is 6.36. The van der Waals surface area contributed by atoms with E-state index >= 15 is 0 Å². The van der Waals surface area contributed by atoms with Crippen LogP contribution in [0.2, 0.25) is 0 Å². The number of aromatic nitrogens is 2. The van der Waals surface area contributed by atoms with E-state index in [0.29, 0.717) is 5.92 Å². The first kappa shape index (κ1) is 13.4. The Hall–Kier alpha value is -1.03. The summed E-state index contributed by atoms with van der Waals surface area (Å²) < 4.78 is 7.61. The van der Waals surface area contributed by atoms with Gasteiger partial charge in [0.05, 0.1) is 5.69 Å². The minimum Gasteiger partial charge on any atom is -0.384 e. The molecule has 0 radical (unpaired) electrons. The fraction of sp³-hybridized carbons (Fsp3) is 0.786. The Bertz CT molecular complexity index is 411. The number of hydrogen-bond donors (Lipinski definition) is 1. The Labute approximate surface area is 110 Å². The summed E-state index contributed by atoms with van der Waals surface area (Å²) in [5, 5.41) is 0. The molecule has 1 fully saturated rings. The predicted octanol–water partition coefficient (Wildman–Crippen LogP) is 2.68. The van der Waals surface area contributed by atoms with Gasteiger partial charge in [-0.3, -0.25) is 0 Å². The molecule has 102 valence electrons. The maximum Gasteiger partial charge on any atom is 0.127 e. The van der Waals surface area contributed by atoms with Crippen LogP contribution in [0.4, 0.5) is 5.82 Å². The smallest absolute Gasteiger partial charge is 0.127 e. The summed E-state index contributed by atoms with van der Waals surface area (Å²) in [7, 11) is 0.